The molecule has 1 heterocycles. The quantitative estimate of drug-likeness (QED) is 0.522. The number of likely N-dealkylation sites (tertiary alicyclic amines) is 1. The Morgan fingerprint density at radius 3 is 2.47 bits per heavy atom. The SMILES string of the molecule is CCC(C)C(=O)C#CC(C)(C)N1CCC1. The molecule has 15 heavy (non-hydrogen) atoms. The molecule has 0 aromatic heterocycles. The number of hydrogen-bond donors (Lipinski definition) is 0. The molecule has 1 saturated heterocycles. The molecule has 0 N–H and O–H groups in total. The summed E-state index contributed by atoms with van der Waals surface area (Å²) in [6, 6.07) is 0. The molecule has 1 rings (SSSR count). The second-order valence-electron chi connectivity index (χ2n) is 4.82. The van der Waals surface area contributed by atoms with Crippen molar-refractivity contribution in [3.8, 4) is 11.8 Å². The van der Waals surface area contributed by atoms with Crippen LogP contribution in [0.2, 0.25) is 0 Å². The van der Waals surface area contributed by atoms with Crippen LogP contribution in [-0.2, 0) is 4.79 Å². The topological polar surface area (TPSA) is 20.3 Å². The minimum absolute atomic E-state index is 0.0738. The standard InChI is InChI=1S/C13H21NO/c1-5-11(2)12(15)7-8-13(3,4)14-9-6-10-14/h11H,5-6,9-10H2,1-4H3. The van der Waals surface area contributed by atoms with E-state index in [0.717, 1.165) is 19.5 Å². The Balaban J connectivity index is 2.59. The summed E-state index contributed by atoms with van der Waals surface area (Å²) >= 11 is 0. The maximum absolute atomic E-state index is 11.6. The highest BCUT2D eigenvalue weighted by Gasteiger charge is 2.29. The lowest BCUT2D eigenvalue weighted by molar-refractivity contribution is -0.117. The van der Waals surface area contributed by atoms with Crippen molar-refractivity contribution in [2.75, 3.05) is 13.1 Å². The van der Waals surface area contributed by atoms with E-state index in [1.54, 1.807) is 0 Å². The van der Waals surface area contributed by atoms with E-state index in [-0.39, 0.29) is 17.2 Å². The number of rotatable bonds is 3. The zero-order chi connectivity index (χ0) is 11.5. The van der Waals surface area contributed by atoms with Crippen LogP contribution in [0.15, 0.2) is 0 Å². The van der Waals surface area contributed by atoms with Crippen LogP contribution < -0.4 is 0 Å². The van der Waals surface area contributed by atoms with Gasteiger partial charge in [-0.1, -0.05) is 19.8 Å². The van der Waals surface area contributed by atoms with E-state index in [2.05, 4.69) is 30.6 Å². The molecular formula is C13H21NO. The minimum Gasteiger partial charge on any atom is -0.288 e. The van der Waals surface area contributed by atoms with Crippen molar-refractivity contribution < 1.29 is 4.79 Å². The van der Waals surface area contributed by atoms with Crippen LogP contribution in [-0.4, -0.2) is 29.3 Å². The van der Waals surface area contributed by atoms with E-state index >= 15 is 0 Å². The fourth-order valence-electron chi connectivity index (χ4n) is 1.48. The minimum atomic E-state index is -0.138. The van der Waals surface area contributed by atoms with Gasteiger partial charge in [-0.25, -0.2) is 0 Å². The molecule has 2 heteroatoms. The summed E-state index contributed by atoms with van der Waals surface area (Å²) in [5.41, 5.74) is -0.138. The summed E-state index contributed by atoms with van der Waals surface area (Å²) in [6.45, 7) is 10.4. The van der Waals surface area contributed by atoms with E-state index < -0.39 is 0 Å². The number of nitrogens with zero attached hydrogens (tertiary/aromatic N) is 1. The smallest absolute Gasteiger partial charge is 0.208 e. The molecule has 0 aliphatic carbocycles. The number of hydrogen-bond acceptors (Lipinski definition) is 2. The summed E-state index contributed by atoms with van der Waals surface area (Å²) < 4.78 is 0. The number of carbonyl (C=O) groups is 1. The first-order chi connectivity index (χ1) is 6.97. The lowest BCUT2D eigenvalue weighted by Gasteiger charge is -2.41. The second-order valence-corrected chi connectivity index (χ2v) is 4.82. The summed E-state index contributed by atoms with van der Waals surface area (Å²) in [6.07, 6.45) is 2.13. The van der Waals surface area contributed by atoms with Crippen molar-refractivity contribution >= 4 is 5.78 Å². The molecule has 1 atom stereocenters. The van der Waals surface area contributed by atoms with Gasteiger partial charge in [0, 0.05) is 19.0 Å². The molecule has 0 radical (unpaired) electrons. The van der Waals surface area contributed by atoms with Gasteiger partial charge in [-0.3, -0.25) is 9.69 Å². The average Bonchev–Trinajstić information content (AvgIpc) is 2.09. The summed E-state index contributed by atoms with van der Waals surface area (Å²) in [5, 5.41) is 0. The Hall–Kier alpha value is -0.810. The molecule has 0 spiro atoms. The lowest BCUT2D eigenvalue weighted by atomic mass is 9.97. The van der Waals surface area contributed by atoms with Gasteiger partial charge in [0.05, 0.1) is 5.54 Å². The third-order valence-electron chi connectivity index (χ3n) is 3.20. The van der Waals surface area contributed by atoms with Crippen LogP contribution in [0.5, 0.6) is 0 Å². The van der Waals surface area contributed by atoms with Crippen molar-refractivity contribution in [2.24, 2.45) is 5.92 Å². The van der Waals surface area contributed by atoms with Gasteiger partial charge in [-0.2, -0.15) is 0 Å². The maximum atomic E-state index is 11.6. The van der Waals surface area contributed by atoms with E-state index in [0.29, 0.717) is 0 Å². The van der Waals surface area contributed by atoms with Crippen LogP contribution in [0.3, 0.4) is 0 Å². The Labute approximate surface area is 93.0 Å². The Morgan fingerprint density at radius 2 is 2.07 bits per heavy atom. The average molecular weight is 207 g/mol. The molecule has 0 aromatic carbocycles. The fourth-order valence-corrected chi connectivity index (χ4v) is 1.48. The normalized spacial score (nSPS) is 18.7. The van der Waals surface area contributed by atoms with Crippen LogP contribution in [0.4, 0.5) is 0 Å². The van der Waals surface area contributed by atoms with Gasteiger partial charge in [-0.15, -0.1) is 0 Å². The molecular weight excluding hydrogens is 186 g/mol. The van der Waals surface area contributed by atoms with Crippen LogP contribution >= 0.6 is 0 Å². The van der Waals surface area contributed by atoms with Crippen molar-refractivity contribution in [2.45, 2.75) is 46.1 Å². The van der Waals surface area contributed by atoms with Gasteiger partial charge >= 0.3 is 0 Å². The third-order valence-corrected chi connectivity index (χ3v) is 3.20. The molecule has 2 nitrogen and oxygen atoms in total. The van der Waals surface area contributed by atoms with E-state index in [1.165, 1.54) is 6.42 Å². The lowest BCUT2D eigenvalue weighted by Crippen LogP contribution is -2.50. The second kappa shape index (κ2) is 4.81. The first-order valence-corrected chi connectivity index (χ1v) is 5.79. The largest absolute Gasteiger partial charge is 0.288 e. The van der Waals surface area contributed by atoms with Crippen molar-refractivity contribution in [1.29, 1.82) is 0 Å². The highest BCUT2D eigenvalue weighted by Crippen LogP contribution is 2.20. The van der Waals surface area contributed by atoms with Gasteiger partial charge in [0.1, 0.15) is 0 Å². The van der Waals surface area contributed by atoms with Gasteiger partial charge in [-0.05, 0) is 32.6 Å². The van der Waals surface area contributed by atoms with Crippen LogP contribution in [0.1, 0.15) is 40.5 Å². The molecule has 0 bridgehead atoms. The first-order valence-electron chi connectivity index (χ1n) is 5.79. The highest BCUT2D eigenvalue weighted by atomic mass is 16.1. The Bertz CT molecular complexity index is 291. The van der Waals surface area contributed by atoms with Gasteiger partial charge < -0.3 is 0 Å². The molecule has 0 saturated carbocycles. The van der Waals surface area contributed by atoms with Crippen molar-refractivity contribution in [3.63, 3.8) is 0 Å². The molecule has 1 unspecified atom stereocenters. The zero-order valence-electron chi connectivity index (χ0n) is 10.3. The molecule has 1 aliphatic heterocycles. The molecule has 0 amide bonds. The fraction of sp³-hybridized carbons (Fsp3) is 0.769. The third kappa shape index (κ3) is 3.07. The van der Waals surface area contributed by atoms with Crippen molar-refractivity contribution in [3.05, 3.63) is 0 Å². The monoisotopic (exact) mass is 207 g/mol. The highest BCUT2D eigenvalue weighted by molar-refractivity contribution is 5.97. The Kier molecular flexibility index (Phi) is 3.93. The van der Waals surface area contributed by atoms with E-state index in [4.69, 9.17) is 0 Å². The van der Waals surface area contributed by atoms with Gasteiger partial charge in [0.25, 0.3) is 0 Å². The Morgan fingerprint density at radius 1 is 1.47 bits per heavy atom. The number of ketones is 1. The summed E-state index contributed by atoms with van der Waals surface area (Å²) in [4.78, 5) is 13.9. The predicted octanol–water partition coefficient (Wildman–Crippen LogP) is 2.09. The molecule has 1 aliphatic rings. The van der Waals surface area contributed by atoms with Gasteiger partial charge in [0.2, 0.25) is 5.78 Å². The van der Waals surface area contributed by atoms with E-state index in [1.807, 2.05) is 13.8 Å². The van der Waals surface area contributed by atoms with E-state index in [9.17, 15) is 4.79 Å². The first kappa shape index (κ1) is 12.3. The van der Waals surface area contributed by atoms with Crippen molar-refractivity contribution in [1.82, 2.24) is 4.90 Å². The summed E-state index contributed by atoms with van der Waals surface area (Å²) in [5.74, 6) is 6.04. The molecule has 0 aromatic rings. The molecule has 84 valence electrons. The van der Waals surface area contributed by atoms with Crippen LogP contribution in [0, 0.1) is 17.8 Å². The zero-order valence-corrected chi connectivity index (χ0v) is 10.3. The number of Topliss-reactive ketones (excluding diaryl/α,β-unsaturated/α-hetero) is 1. The molecule has 1 fully saturated rings. The maximum Gasteiger partial charge on any atom is 0.208 e. The number of carbonyl (C=O) groups excluding carboxylic acids is 1. The predicted molar refractivity (Wildman–Crippen MR) is 62.5 cm³/mol. The van der Waals surface area contributed by atoms with Crippen LogP contribution in [0.25, 0.3) is 0 Å². The van der Waals surface area contributed by atoms with Gasteiger partial charge in [0.15, 0.2) is 0 Å². The summed E-state index contributed by atoms with van der Waals surface area (Å²) in [7, 11) is 0.